The molecular weight excluding hydrogens is 678 g/mol. The van der Waals surface area contributed by atoms with Crippen LogP contribution in [-0.2, 0) is 42.7 Å². The number of rotatable bonds is 8. The molecule has 0 bridgehead atoms. The molecule has 0 aromatic rings. The van der Waals surface area contributed by atoms with Gasteiger partial charge in [0.2, 0.25) is 0 Å². The summed E-state index contributed by atoms with van der Waals surface area (Å²) in [6, 6.07) is -0.283. The molecule has 3 saturated heterocycles. The molecule has 3 aliphatic rings. The lowest BCUT2D eigenvalue weighted by molar-refractivity contribution is -0.319. The van der Waals surface area contributed by atoms with E-state index in [9.17, 15) is 30.0 Å². The SMILES string of the molecule is CC[C@@H]1OC(=O)[C@H](C)[C@H](OC2CC(C)(OC)C(O)C(C)O2)[C@@H](C)[C@H](OC2OC(C)CC(N(C)C)C2O)[C@](C)(OC)C[C@H](C)C(=O)[C@H](C)[C@@H](O)[C@@]1(C)O. The van der Waals surface area contributed by atoms with Crippen molar-refractivity contribution < 1.29 is 63.2 Å². The Kier molecular flexibility index (Phi) is 15.3. The third-order valence-corrected chi connectivity index (χ3v) is 12.3. The quantitative estimate of drug-likeness (QED) is 0.266. The Morgan fingerprint density at radius 2 is 1.44 bits per heavy atom. The third kappa shape index (κ3) is 9.38. The zero-order valence-corrected chi connectivity index (χ0v) is 33.9. The second-order valence-electron chi connectivity index (χ2n) is 16.6. The number of aliphatic hydroxyl groups excluding tert-OH is 3. The number of cyclic esters (lactones) is 1. The van der Waals surface area contributed by atoms with E-state index in [2.05, 4.69) is 0 Å². The second-order valence-corrected chi connectivity index (χ2v) is 16.6. The summed E-state index contributed by atoms with van der Waals surface area (Å²) in [6.07, 6.45) is -8.73. The fourth-order valence-electron chi connectivity index (χ4n) is 8.58. The Morgan fingerprint density at radius 3 is 1.98 bits per heavy atom. The van der Waals surface area contributed by atoms with E-state index in [1.54, 1.807) is 48.5 Å². The van der Waals surface area contributed by atoms with Gasteiger partial charge in [0.1, 0.15) is 29.7 Å². The third-order valence-electron chi connectivity index (χ3n) is 12.3. The van der Waals surface area contributed by atoms with Crippen LogP contribution in [0.5, 0.6) is 0 Å². The Labute approximate surface area is 310 Å². The van der Waals surface area contributed by atoms with Gasteiger partial charge in [0.05, 0.1) is 47.6 Å². The van der Waals surface area contributed by atoms with Crippen molar-refractivity contribution in [1.29, 1.82) is 0 Å². The average molecular weight is 748 g/mol. The molecule has 8 unspecified atom stereocenters. The van der Waals surface area contributed by atoms with Gasteiger partial charge in [0, 0.05) is 44.4 Å². The molecule has 0 saturated carbocycles. The molecule has 14 nitrogen and oxygen atoms in total. The highest BCUT2D eigenvalue weighted by molar-refractivity contribution is 5.83. The van der Waals surface area contributed by atoms with Gasteiger partial charge in [0.15, 0.2) is 12.6 Å². The molecule has 0 aromatic heterocycles. The Morgan fingerprint density at radius 1 is 0.846 bits per heavy atom. The Bertz CT molecular complexity index is 1190. The van der Waals surface area contributed by atoms with Crippen molar-refractivity contribution >= 4 is 11.8 Å². The fourth-order valence-corrected chi connectivity index (χ4v) is 8.58. The van der Waals surface area contributed by atoms with E-state index in [0.29, 0.717) is 6.42 Å². The molecule has 3 fully saturated rings. The minimum absolute atomic E-state index is 0.111. The van der Waals surface area contributed by atoms with E-state index in [0.717, 1.165) is 0 Å². The minimum Gasteiger partial charge on any atom is -0.459 e. The number of likely N-dealkylation sites (N-methyl/N-ethyl adjacent to an activating group) is 1. The molecule has 0 aliphatic carbocycles. The van der Waals surface area contributed by atoms with Crippen LogP contribution in [0.15, 0.2) is 0 Å². The molecule has 304 valence electrons. The monoisotopic (exact) mass is 747 g/mol. The maximum atomic E-state index is 14.2. The van der Waals surface area contributed by atoms with E-state index < -0.39 is 102 Å². The summed E-state index contributed by atoms with van der Waals surface area (Å²) in [7, 11) is 6.77. The molecule has 0 radical (unpaired) electrons. The topological polar surface area (TPSA) is 183 Å². The zero-order chi connectivity index (χ0) is 39.7. The van der Waals surface area contributed by atoms with Crippen molar-refractivity contribution in [3.05, 3.63) is 0 Å². The molecule has 0 amide bonds. The summed E-state index contributed by atoms with van der Waals surface area (Å²) < 4.78 is 43.9. The first-order valence-electron chi connectivity index (χ1n) is 18.9. The first-order chi connectivity index (χ1) is 24.0. The van der Waals surface area contributed by atoms with Crippen LogP contribution in [0.3, 0.4) is 0 Å². The highest BCUT2D eigenvalue weighted by Crippen LogP contribution is 2.41. The molecule has 4 N–H and O–H groups in total. The van der Waals surface area contributed by atoms with Gasteiger partial charge in [0.25, 0.3) is 0 Å². The predicted molar refractivity (Wildman–Crippen MR) is 191 cm³/mol. The van der Waals surface area contributed by atoms with Crippen molar-refractivity contribution in [3.8, 4) is 0 Å². The van der Waals surface area contributed by atoms with E-state index in [1.807, 2.05) is 32.8 Å². The smallest absolute Gasteiger partial charge is 0.311 e. The van der Waals surface area contributed by atoms with Crippen molar-refractivity contribution in [2.75, 3.05) is 28.3 Å². The first-order valence-corrected chi connectivity index (χ1v) is 18.9. The van der Waals surface area contributed by atoms with Crippen molar-refractivity contribution in [3.63, 3.8) is 0 Å². The summed E-state index contributed by atoms with van der Waals surface area (Å²) in [5, 5.41) is 45.6. The van der Waals surface area contributed by atoms with Crippen molar-refractivity contribution in [2.24, 2.45) is 23.7 Å². The van der Waals surface area contributed by atoms with Gasteiger partial charge in [-0.15, -0.1) is 0 Å². The molecular formula is C38H69NO13. The number of carbonyl (C=O) groups is 2. The van der Waals surface area contributed by atoms with Crippen LogP contribution in [0.1, 0.15) is 94.9 Å². The molecule has 3 aliphatic heterocycles. The average Bonchev–Trinajstić information content (AvgIpc) is 3.09. The standard InChI is InChI=1S/C38H69NO13/c1-15-26-38(10,45)31(42)21(4)28(40)19(2)17-37(9,47-14)33(52-35-29(41)25(39(11)12)16-20(3)48-35)22(5)30(23(6)34(44)50-26)51-27-18-36(8,46-13)32(43)24(7)49-27/h19-27,29-33,35,41-43,45H,15-18H2,1-14H3/t19-,20?,21-,22+,23+,24?,25?,26-,27?,29?,30+,31+,32?,33-,35?,36?,37+,38-/m0/s1. The van der Waals surface area contributed by atoms with E-state index in [1.165, 1.54) is 21.1 Å². The number of nitrogens with zero attached hydrogens (tertiary/aromatic N) is 1. The van der Waals surface area contributed by atoms with Crippen LogP contribution in [0.25, 0.3) is 0 Å². The zero-order valence-electron chi connectivity index (χ0n) is 33.9. The normalized spacial score (nSPS) is 49.0. The molecule has 18 atom stereocenters. The lowest BCUT2D eigenvalue weighted by atomic mass is 9.74. The summed E-state index contributed by atoms with van der Waals surface area (Å²) >= 11 is 0. The van der Waals surface area contributed by atoms with Crippen LogP contribution >= 0.6 is 0 Å². The highest BCUT2D eigenvalue weighted by atomic mass is 16.7. The molecule has 0 spiro atoms. The Balaban J connectivity index is 2.22. The summed E-state index contributed by atoms with van der Waals surface area (Å²) in [6.45, 7) is 17.1. The summed E-state index contributed by atoms with van der Waals surface area (Å²) in [4.78, 5) is 30.1. The number of Topliss-reactive ketones (excluding diaryl/α,β-unsaturated/α-hetero) is 1. The number of ether oxygens (including phenoxy) is 7. The maximum absolute atomic E-state index is 14.2. The second kappa shape index (κ2) is 17.7. The van der Waals surface area contributed by atoms with Crippen molar-refractivity contribution in [1.82, 2.24) is 4.90 Å². The highest BCUT2D eigenvalue weighted by Gasteiger charge is 2.54. The Hall–Kier alpha value is -1.30. The van der Waals surface area contributed by atoms with Crippen molar-refractivity contribution in [2.45, 2.75) is 179 Å². The largest absolute Gasteiger partial charge is 0.459 e. The molecule has 52 heavy (non-hydrogen) atoms. The van der Waals surface area contributed by atoms with Crippen LogP contribution in [0.4, 0.5) is 0 Å². The number of methoxy groups -OCH3 is 2. The van der Waals surface area contributed by atoms with Gasteiger partial charge >= 0.3 is 5.97 Å². The lowest BCUT2D eigenvalue weighted by Gasteiger charge is -2.50. The van der Waals surface area contributed by atoms with Crippen LogP contribution in [0.2, 0.25) is 0 Å². The summed E-state index contributed by atoms with van der Waals surface area (Å²) in [5.74, 6) is -4.47. The number of esters is 1. The summed E-state index contributed by atoms with van der Waals surface area (Å²) in [5.41, 5.74) is -4.24. The van der Waals surface area contributed by atoms with E-state index in [-0.39, 0.29) is 37.2 Å². The maximum Gasteiger partial charge on any atom is 0.311 e. The van der Waals surface area contributed by atoms with Crippen LogP contribution in [-0.4, -0.2) is 150 Å². The van der Waals surface area contributed by atoms with Crippen LogP contribution < -0.4 is 0 Å². The number of carbonyl (C=O) groups excluding carboxylic acids is 2. The van der Waals surface area contributed by atoms with Gasteiger partial charge in [-0.3, -0.25) is 9.59 Å². The molecule has 3 rings (SSSR count). The fraction of sp³-hybridized carbons (Fsp3) is 0.947. The van der Waals surface area contributed by atoms with Gasteiger partial charge in [-0.1, -0.05) is 27.7 Å². The van der Waals surface area contributed by atoms with Crippen LogP contribution in [0, 0.1) is 23.7 Å². The number of hydrogen-bond acceptors (Lipinski definition) is 14. The molecule has 3 heterocycles. The van der Waals surface area contributed by atoms with Gasteiger partial charge < -0.3 is 58.5 Å². The minimum atomic E-state index is -1.96. The number of ketones is 1. The van der Waals surface area contributed by atoms with Gasteiger partial charge in [-0.25, -0.2) is 0 Å². The van der Waals surface area contributed by atoms with Gasteiger partial charge in [-0.05, 0) is 74.9 Å². The van der Waals surface area contributed by atoms with E-state index >= 15 is 0 Å². The number of hydrogen-bond donors (Lipinski definition) is 4. The van der Waals surface area contributed by atoms with E-state index in [4.69, 9.17) is 33.2 Å². The first kappa shape index (κ1) is 45.1. The predicted octanol–water partition coefficient (Wildman–Crippen LogP) is 2.44. The molecule has 0 aromatic carbocycles. The molecule has 14 heteroatoms. The number of aliphatic hydroxyl groups is 4. The lowest BCUT2D eigenvalue weighted by Crippen LogP contribution is -2.61. The van der Waals surface area contributed by atoms with Gasteiger partial charge in [-0.2, -0.15) is 0 Å².